The van der Waals surface area contributed by atoms with E-state index in [0.29, 0.717) is 32.1 Å². The normalized spacial score (nSPS) is 34.1. The molecule has 1 aliphatic carbocycles. The van der Waals surface area contributed by atoms with E-state index in [1.54, 1.807) is 6.08 Å². The summed E-state index contributed by atoms with van der Waals surface area (Å²) in [6.07, 6.45) is 4.18. The third-order valence-electron chi connectivity index (χ3n) is 2.90. The molecule has 0 aromatic heterocycles. The number of aliphatic hydroxyl groups excluding tert-OH is 1. The first-order chi connectivity index (χ1) is 6.10. The van der Waals surface area contributed by atoms with Gasteiger partial charge in [-0.2, -0.15) is 0 Å². The van der Waals surface area contributed by atoms with Crippen LogP contribution >= 0.6 is 0 Å². The maximum Gasteiger partial charge on any atom is 0.309 e. The Balaban J connectivity index is 2.68. The van der Waals surface area contributed by atoms with Gasteiger partial charge >= 0.3 is 5.97 Å². The Morgan fingerprint density at radius 3 is 2.46 bits per heavy atom. The number of aliphatic carboxylic acids is 1. The predicted molar refractivity (Wildman–Crippen MR) is 49.4 cm³/mol. The van der Waals surface area contributed by atoms with Crippen LogP contribution in [-0.4, -0.2) is 22.3 Å². The van der Waals surface area contributed by atoms with E-state index in [0.717, 1.165) is 0 Å². The summed E-state index contributed by atoms with van der Waals surface area (Å²) in [7, 11) is 0. The molecule has 0 bridgehead atoms. The molecular formula is C10H16O3. The highest BCUT2D eigenvalue weighted by Crippen LogP contribution is 2.39. The number of rotatable bonds is 3. The zero-order chi connectivity index (χ0) is 9.90. The lowest BCUT2D eigenvalue weighted by Crippen LogP contribution is -2.36. The molecule has 1 fully saturated rings. The molecular weight excluding hydrogens is 168 g/mol. The maximum absolute atomic E-state index is 11.0. The second-order valence-electron chi connectivity index (χ2n) is 3.81. The topological polar surface area (TPSA) is 57.5 Å². The Morgan fingerprint density at radius 2 is 2.08 bits per heavy atom. The zero-order valence-corrected chi connectivity index (χ0v) is 7.70. The van der Waals surface area contributed by atoms with Gasteiger partial charge in [0.25, 0.3) is 0 Å². The number of carboxylic acids is 1. The molecule has 0 aromatic rings. The van der Waals surface area contributed by atoms with E-state index in [4.69, 9.17) is 5.11 Å². The molecule has 1 saturated carbocycles. The molecule has 0 unspecified atom stereocenters. The largest absolute Gasteiger partial charge is 0.481 e. The van der Waals surface area contributed by atoms with Crippen LogP contribution in [0.1, 0.15) is 32.1 Å². The van der Waals surface area contributed by atoms with Crippen molar-refractivity contribution in [3.05, 3.63) is 12.7 Å². The first kappa shape index (κ1) is 10.3. The number of allylic oxidation sites excluding steroid dienone is 1. The standard InChI is InChI=1S/C10H16O3/c1-2-5-10(9(12)13)6-3-8(11)4-7-10/h2,8,11H,1,3-7H2,(H,12,13). The van der Waals surface area contributed by atoms with Crippen LogP contribution in [-0.2, 0) is 4.79 Å². The van der Waals surface area contributed by atoms with Gasteiger partial charge in [0, 0.05) is 0 Å². The molecule has 0 aliphatic heterocycles. The van der Waals surface area contributed by atoms with Crippen LogP contribution in [0.15, 0.2) is 12.7 Å². The molecule has 3 heteroatoms. The summed E-state index contributed by atoms with van der Waals surface area (Å²) in [5.41, 5.74) is -0.652. The molecule has 0 spiro atoms. The van der Waals surface area contributed by atoms with E-state index in [1.165, 1.54) is 0 Å². The summed E-state index contributed by atoms with van der Waals surface area (Å²) in [6, 6.07) is 0. The number of hydrogen-bond donors (Lipinski definition) is 2. The summed E-state index contributed by atoms with van der Waals surface area (Å²) in [4.78, 5) is 11.0. The molecule has 0 saturated heterocycles. The zero-order valence-electron chi connectivity index (χ0n) is 7.70. The van der Waals surface area contributed by atoms with Gasteiger partial charge < -0.3 is 10.2 Å². The summed E-state index contributed by atoms with van der Waals surface area (Å²) >= 11 is 0. The molecule has 0 heterocycles. The highest BCUT2D eigenvalue weighted by Gasteiger charge is 2.40. The van der Waals surface area contributed by atoms with Crippen LogP contribution in [0.25, 0.3) is 0 Å². The molecule has 3 nitrogen and oxygen atoms in total. The second-order valence-corrected chi connectivity index (χ2v) is 3.81. The van der Waals surface area contributed by atoms with Gasteiger partial charge in [-0.3, -0.25) is 4.79 Å². The van der Waals surface area contributed by atoms with Crippen molar-refractivity contribution in [3.63, 3.8) is 0 Å². The van der Waals surface area contributed by atoms with Crippen molar-refractivity contribution in [2.75, 3.05) is 0 Å². The molecule has 0 amide bonds. The van der Waals surface area contributed by atoms with Crippen molar-refractivity contribution >= 4 is 5.97 Å². The molecule has 1 rings (SSSR count). The van der Waals surface area contributed by atoms with Crippen LogP contribution < -0.4 is 0 Å². The van der Waals surface area contributed by atoms with Crippen molar-refractivity contribution in [2.45, 2.75) is 38.2 Å². The summed E-state index contributed by atoms with van der Waals surface area (Å²) in [6.45, 7) is 3.58. The van der Waals surface area contributed by atoms with Gasteiger partial charge in [0.1, 0.15) is 0 Å². The van der Waals surface area contributed by atoms with Gasteiger partial charge in [-0.1, -0.05) is 6.08 Å². The first-order valence-electron chi connectivity index (χ1n) is 4.63. The lowest BCUT2D eigenvalue weighted by Gasteiger charge is -2.34. The van der Waals surface area contributed by atoms with Crippen molar-refractivity contribution in [3.8, 4) is 0 Å². The molecule has 0 atom stereocenters. The molecule has 13 heavy (non-hydrogen) atoms. The maximum atomic E-state index is 11.0. The van der Waals surface area contributed by atoms with Gasteiger partial charge in [0.2, 0.25) is 0 Å². The highest BCUT2D eigenvalue weighted by molar-refractivity contribution is 5.75. The average molecular weight is 184 g/mol. The number of hydrogen-bond acceptors (Lipinski definition) is 2. The Labute approximate surface area is 78.1 Å². The minimum absolute atomic E-state index is 0.308. The van der Waals surface area contributed by atoms with E-state index in [9.17, 15) is 9.90 Å². The number of carboxylic acid groups (broad SMARTS) is 1. The summed E-state index contributed by atoms with van der Waals surface area (Å²) < 4.78 is 0. The first-order valence-corrected chi connectivity index (χ1v) is 4.63. The Morgan fingerprint density at radius 1 is 1.54 bits per heavy atom. The highest BCUT2D eigenvalue weighted by atomic mass is 16.4. The molecule has 1 aliphatic rings. The van der Waals surface area contributed by atoms with Gasteiger partial charge in [0.05, 0.1) is 11.5 Å². The second kappa shape index (κ2) is 3.92. The minimum atomic E-state index is -0.751. The number of carbonyl (C=O) groups is 1. The van der Waals surface area contributed by atoms with E-state index < -0.39 is 11.4 Å². The Hall–Kier alpha value is -0.830. The van der Waals surface area contributed by atoms with Crippen LogP contribution in [0, 0.1) is 5.41 Å². The van der Waals surface area contributed by atoms with Crippen molar-refractivity contribution < 1.29 is 15.0 Å². The third-order valence-corrected chi connectivity index (χ3v) is 2.90. The van der Waals surface area contributed by atoms with Crippen LogP contribution in [0.5, 0.6) is 0 Å². The van der Waals surface area contributed by atoms with Gasteiger partial charge in [-0.25, -0.2) is 0 Å². The lowest BCUT2D eigenvalue weighted by molar-refractivity contribution is -0.152. The van der Waals surface area contributed by atoms with E-state index in [2.05, 4.69) is 6.58 Å². The number of aliphatic hydroxyl groups is 1. The summed E-state index contributed by atoms with van der Waals surface area (Å²) in [5, 5.41) is 18.3. The van der Waals surface area contributed by atoms with Crippen LogP contribution in [0.4, 0.5) is 0 Å². The monoisotopic (exact) mass is 184 g/mol. The van der Waals surface area contributed by atoms with E-state index >= 15 is 0 Å². The Kier molecular flexibility index (Phi) is 3.09. The van der Waals surface area contributed by atoms with Crippen molar-refractivity contribution in [2.24, 2.45) is 5.41 Å². The van der Waals surface area contributed by atoms with E-state index in [1.807, 2.05) is 0 Å². The predicted octanol–water partition coefficient (Wildman–Crippen LogP) is 1.57. The molecule has 2 N–H and O–H groups in total. The average Bonchev–Trinajstić information content (AvgIpc) is 2.09. The fraction of sp³-hybridized carbons (Fsp3) is 0.700. The van der Waals surface area contributed by atoms with Crippen LogP contribution in [0.2, 0.25) is 0 Å². The Bertz CT molecular complexity index is 202. The molecule has 0 radical (unpaired) electrons. The summed E-state index contributed by atoms with van der Waals surface area (Å²) in [5.74, 6) is -0.751. The third kappa shape index (κ3) is 2.10. The van der Waals surface area contributed by atoms with Gasteiger partial charge in [0.15, 0.2) is 0 Å². The van der Waals surface area contributed by atoms with Crippen LogP contribution in [0.3, 0.4) is 0 Å². The quantitative estimate of drug-likeness (QED) is 0.654. The minimum Gasteiger partial charge on any atom is -0.481 e. The van der Waals surface area contributed by atoms with Crippen molar-refractivity contribution in [1.82, 2.24) is 0 Å². The lowest BCUT2D eigenvalue weighted by atomic mass is 9.71. The SMILES string of the molecule is C=CCC1(C(=O)O)CCC(O)CC1. The molecule has 0 aromatic carbocycles. The molecule has 74 valence electrons. The fourth-order valence-electron chi connectivity index (χ4n) is 1.94. The van der Waals surface area contributed by atoms with Gasteiger partial charge in [-0.05, 0) is 32.1 Å². The smallest absolute Gasteiger partial charge is 0.309 e. The van der Waals surface area contributed by atoms with Gasteiger partial charge in [-0.15, -0.1) is 6.58 Å². The van der Waals surface area contributed by atoms with E-state index in [-0.39, 0.29) is 6.10 Å². The van der Waals surface area contributed by atoms with Crippen molar-refractivity contribution in [1.29, 1.82) is 0 Å². The fourth-order valence-corrected chi connectivity index (χ4v) is 1.94.